The van der Waals surface area contributed by atoms with Crippen molar-refractivity contribution in [3.63, 3.8) is 0 Å². The molecule has 7 heteroatoms. The second kappa shape index (κ2) is 6.33. The Morgan fingerprint density at radius 2 is 2.16 bits per heavy atom. The van der Waals surface area contributed by atoms with Gasteiger partial charge in [-0.25, -0.2) is 5.43 Å². The summed E-state index contributed by atoms with van der Waals surface area (Å²) in [5.74, 6) is 7.07. The van der Waals surface area contributed by atoms with E-state index in [1.54, 1.807) is 25.9 Å². The molecule has 0 saturated heterocycles. The lowest BCUT2D eigenvalue weighted by Crippen LogP contribution is -2.28. The van der Waals surface area contributed by atoms with Crippen molar-refractivity contribution in [2.75, 3.05) is 14.2 Å². The molecule has 0 saturated carbocycles. The highest BCUT2D eigenvalue weighted by Crippen LogP contribution is 2.41. The average molecular weight is 344 g/mol. The summed E-state index contributed by atoms with van der Waals surface area (Å²) in [6.07, 6.45) is 1.78. The van der Waals surface area contributed by atoms with Crippen LogP contribution in [-0.4, -0.2) is 19.2 Å². The molecule has 0 aliphatic rings. The number of benzene rings is 1. The zero-order chi connectivity index (χ0) is 13.8. The molecular weight excluding hydrogens is 330 g/mol. The summed E-state index contributed by atoms with van der Waals surface area (Å²) in [6.45, 7) is 0. The fraction of sp³-hybridized carbons (Fsp3) is 0.250. The van der Waals surface area contributed by atoms with Crippen molar-refractivity contribution in [1.82, 2.24) is 10.4 Å². The molecule has 2 rings (SSSR count). The van der Waals surface area contributed by atoms with Gasteiger partial charge in [-0.3, -0.25) is 10.8 Å². The molecule has 3 N–H and O–H groups in total. The number of hydrogen-bond acceptors (Lipinski definition) is 6. The van der Waals surface area contributed by atoms with Crippen molar-refractivity contribution in [2.24, 2.45) is 5.84 Å². The van der Waals surface area contributed by atoms with Gasteiger partial charge in [0.05, 0.1) is 25.8 Å². The number of aromatic nitrogens is 1. The highest BCUT2D eigenvalue weighted by Gasteiger charge is 2.22. The van der Waals surface area contributed by atoms with Gasteiger partial charge in [0.2, 0.25) is 0 Å². The van der Waals surface area contributed by atoms with Crippen molar-refractivity contribution >= 4 is 27.3 Å². The Bertz CT molecular complexity index is 548. The van der Waals surface area contributed by atoms with Gasteiger partial charge in [-0.2, -0.15) is 0 Å². The first-order valence-electron chi connectivity index (χ1n) is 5.47. The van der Waals surface area contributed by atoms with E-state index in [4.69, 9.17) is 15.3 Å². The number of ether oxygens (including phenoxy) is 2. The van der Waals surface area contributed by atoms with Crippen molar-refractivity contribution in [2.45, 2.75) is 6.04 Å². The van der Waals surface area contributed by atoms with Crippen LogP contribution in [0.25, 0.3) is 0 Å². The summed E-state index contributed by atoms with van der Waals surface area (Å²) >= 11 is 5.01. The van der Waals surface area contributed by atoms with Gasteiger partial charge in [0.25, 0.3) is 0 Å². The predicted octanol–water partition coefficient (Wildman–Crippen LogP) is 2.48. The number of rotatable bonds is 5. The summed E-state index contributed by atoms with van der Waals surface area (Å²) in [7, 11) is 3.23. The van der Waals surface area contributed by atoms with E-state index in [0.717, 1.165) is 14.9 Å². The van der Waals surface area contributed by atoms with Gasteiger partial charge in [0, 0.05) is 16.6 Å². The van der Waals surface area contributed by atoms with E-state index in [0.29, 0.717) is 11.5 Å². The Morgan fingerprint density at radius 1 is 1.37 bits per heavy atom. The second-order valence-corrected chi connectivity index (χ2v) is 5.42. The molecule has 1 heterocycles. The third kappa shape index (κ3) is 2.74. The fourth-order valence-corrected chi connectivity index (χ4v) is 3.22. The van der Waals surface area contributed by atoms with Crippen LogP contribution in [0.5, 0.6) is 11.5 Å². The lowest BCUT2D eigenvalue weighted by atomic mass is 10.0. The molecule has 19 heavy (non-hydrogen) atoms. The van der Waals surface area contributed by atoms with Crippen LogP contribution in [0.1, 0.15) is 16.5 Å². The Morgan fingerprint density at radius 3 is 2.68 bits per heavy atom. The Labute approximate surface area is 123 Å². The molecule has 102 valence electrons. The molecule has 0 amide bonds. The average Bonchev–Trinajstić information content (AvgIpc) is 2.94. The number of halogens is 1. The van der Waals surface area contributed by atoms with Crippen LogP contribution < -0.4 is 20.7 Å². The van der Waals surface area contributed by atoms with Crippen LogP contribution >= 0.6 is 27.3 Å². The Hall–Kier alpha value is -1.15. The van der Waals surface area contributed by atoms with Gasteiger partial charge in [0.1, 0.15) is 16.0 Å². The topological polar surface area (TPSA) is 69.4 Å². The molecule has 0 fully saturated rings. The molecule has 1 aromatic carbocycles. The van der Waals surface area contributed by atoms with E-state index >= 15 is 0 Å². The van der Waals surface area contributed by atoms with Crippen LogP contribution in [-0.2, 0) is 0 Å². The minimum Gasteiger partial charge on any atom is -0.495 e. The third-order valence-corrected chi connectivity index (χ3v) is 4.32. The van der Waals surface area contributed by atoms with Gasteiger partial charge in [-0.15, -0.1) is 11.3 Å². The largest absolute Gasteiger partial charge is 0.495 e. The van der Waals surface area contributed by atoms with Crippen LogP contribution in [0, 0.1) is 0 Å². The zero-order valence-electron chi connectivity index (χ0n) is 10.5. The zero-order valence-corrected chi connectivity index (χ0v) is 12.9. The molecule has 5 nitrogen and oxygen atoms in total. The van der Waals surface area contributed by atoms with E-state index in [1.807, 2.05) is 12.1 Å². The fourth-order valence-electron chi connectivity index (χ4n) is 1.84. The predicted molar refractivity (Wildman–Crippen MR) is 78.5 cm³/mol. The van der Waals surface area contributed by atoms with Crippen molar-refractivity contribution in [1.29, 1.82) is 0 Å². The second-order valence-electron chi connectivity index (χ2n) is 3.71. The van der Waals surface area contributed by atoms with Crippen LogP contribution in [0.15, 0.2) is 28.3 Å². The monoisotopic (exact) mass is 343 g/mol. The minimum atomic E-state index is -0.176. The molecule has 1 atom stereocenters. The number of methoxy groups -OCH3 is 2. The van der Waals surface area contributed by atoms with E-state index in [1.165, 1.54) is 11.3 Å². The Balaban J connectivity index is 2.52. The molecule has 0 bridgehead atoms. The molecule has 0 radical (unpaired) electrons. The van der Waals surface area contributed by atoms with Gasteiger partial charge in [0.15, 0.2) is 0 Å². The van der Waals surface area contributed by atoms with E-state index in [-0.39, 0.29) is 6.04 Å². The molecular formula is C12H14BrN3O2S. The maximum atomic E-state index is 5.67. The number of nitrogens with one attached hydrogen (secondary N) is 1. The molecule has 1 aromatic heterocycles. The van der Waals surface area contributed by atoms with Crippen molar-refractivity contribution < 1.29 is 9.47 Å². The van der Waals surface area contributed by atoms with Crippen LogP contribution in [0.2, 0.25) is 0 Å². The van der Waals surface area contributed by atoms with Gasteiger partial charge >= 0.3 is 0 Å². The standard InChI is InChI=1S/C12H14BrN3O2S/c1-17-8-4-3-7(12(18-2)10(8)13)11(16-14)9-5-15-6-19-9/h3-6,11,16H,14H2,1-2H3. The molecule has 0 spiro atoms. The maximum Gasteiger partial charge on any atom is 0.142 e. The number of thiazole rings is 1. The van der Waals surface area contributed by atoms with Crippen molar-refractivity contribution in [3.8, 4) is 11.5 Å². The first kappa shape index (κ1) is 14.3. The van der Waals surface area contributed by atoms with E-state index in [9.17, 15) is 0 Å². The Kier molecular flexibility index (Phi) is 4.76. The summed E-state index contributed by atoms with van der Waals surface area (Å²) < 4.78 is 11.5. The van der Waals surface area contributed by atoms with Gasteiger partial charge < -0.3 is 9.47 Å². The quantitative estimate of drug-likeness (QED) is 0.644. The lowest BCUT2D eigenvalue weighted by molar-refractivity contribution is 0.383. The van der Waals surface area contributed by atoms with Crippen LogP contribution in [0.4, 0.5) is 0 Å². The summed E-state index contributed by atoms with van der Waals surface area (Å²) in [4.78, 5) is 5.09. The summed E-state index contributed by atoms with van der Waals surface area (Å²) in [6, 6.07) is 3.62. The minimum absolute atomic E-state index is 0.176. The van der Waals surface area contributed by atoms with Gasteiger partial charge in [-0.05, 0) is 28.1 Å². The lowest BCUT2D eigenvalue weighted by Gasteiger charge is -2.19. The summed E-state index contributed by atoms with van der Waals surface area (Å²) in [5, 5.41) is 0. The van der Waals surface area contributed by atoms with Crippen molar-refractivity contribution in [3.05, 3.63) is 38.8 Å². The first-order valence-corrected chi connectivity index (χ1v) is 7.15. The number of nitrogens with zero attached hydrogens (tertiary/aromatic N) is 1. The smallest absolute Gasteiger partial charge is 0.142 e. The summed E-state index contributed by atoms with van der Waals surface area (Å²) in [5.41, 5.74) is 5.48. The molecule has 2 aromatic rings. The van der Waals surface area contributed by atoms with Crippen LogP contribution in [0.3, 0.4) is 0 Å². The number of hydrazine groups is 1. The SMILES string of the molecule is COc1ccc(C(NN)c2cncs2)c(OC)c1Br. The third-order valence-electron chi connectivity index (χ3n) is 2.73. The number of hydrogen-bond donors (Lipinski definition) is 2. The first-order chi connectivity index (χ1) is 9.22. The van der Waals surface area contributed by atoms with E-state index < -0.39 is 0 Å². The highest BCUT2D eigenvalue weighted by molar-refractivity contribution is 9.10. The molecule has 0 aliphatic carbocycles. The van der Waals surface area contributed by atoms with Gasteiger partial charge in [-0.1, -0.05) is 0 Å². The highest BCUT2D eigenvalue weighted by atomic mass is 79.9. The molecule has 0 aliphatic heterocycles. The normalized spacial score (nSPS) is 12.2. The van der Waals surface area contributed by atoms with E-state index in [2.05, 4.69) is 26.3 Å². The maximum absolute atomic E-state index is 5.67. The molecule has 1 unspecified atom stereocenters. The number of nitrogens with two attached hydrogens (primary N) is 1.